The number of carbonyl (C=O) groups excluding carboxylic acids is 2. The van der Waals surface area contributed by atoms with Crippen molar-refractivity contribution >= 4 is 29.3 Å². The molecule has 2 heterocycles. The Morgan fingerprint density at radius 1 is 1.35 bits per heavy atom. The van der Waals surface area contributed by atoms with Crippen LogP contribution in [0.1, 0.15) is 36.8 Å². The second kappa shape index (κ2) is 8.32. The topological polar surface area (TPSA) is 122 Å². The van der Waals surface area contributed by atoms with E-state index in [9.17, 15) is 14.4 Å². The van der Waals surface area contributed by atoms with E-state index in [0.29, 0.717) is 30.2 Å². The van der Waals surface area contributed by atoms with Crippen molar-refractivity contribution in [1.82, 2.24) is 14.7 Å². The van der Waals surface area contributed by atoms with Crippen LogP contribution in [-0.2, 0) is 20.7 Å². The van der Waals surface area contributed by atoms with Crippen LogP contribution in [-0.4, -0.2) is 51.5 Å². The Kier molecular flexibility index (Phi) is 6.16. The maximum atomic E-state index is 12.4. The number of aliphatic carboxylic acids is 1. The number of anilines is 1. The third kappa shape index (κ3) is 4.11. The van der Waals surface area contributed by atoms with Gasteiger partial charge < -0.3 is 20.5 Å². The summed E-state index contributed by atoms with van der Waals surface area (Å²) in [5, 5.41) is 14.4. The van der Waals surface area contributed by atoms with E-state index < -0.39 is 23.9 Å². The van der Waals surface area contributed by atoms with Gasteiger partial charge in [0.25, 0.3) is 5.91 Å². The molecule has 9 nitrogen and oxygen atoms in total. The van der Waals surface area contributed by atoms with Gasteiger partial charge in [0.15, 0.2) is 5.65 Å². The third-order valence-electron chi connectivity index (χ3n) is 3.73. The van der Waals surface area contributed by atoms with E-state index in [0.717, 1.165) is 0 Å². The molecule has 0 aliphatic carbocycles. The van der Waals surface area contributed by atoms with Crippen LogP contribution < -0.4 is 10.6 Å². The number of fused-ring (bicyclic) bond motifs is 1. The van der Waals surface area contributed by atoms with E-state index >= 15 is 0 Å². The maximum absolute atomic E-state index is 12.4. The SMILES string of the molecule is CCOC(=O)CNc1c(CC)nc2c(C(=O)NC(C)C(=O)O)cccn12. The number of aromatic nitrogens is 2. The summed E-state index contributed by atoms with van der Waals surface area (Å²) in [5.41, 5.74) is 1.31. The summed E-state index contributed by atoms with van der Waals surface area (Å²) in [6.07, 6.45) is 2.30. The van der Waals surface area contributed by atoms with Gasteiger partial charge >= 0.3 is 11.9 Å². The van der Waals surface area contributed by atoms with Crippen LogP contribution in [0.15, 0.2) is 18.3 Å². The molecule has 9 heteroatoms. The Hall–Kier alpha value is -3.10. The van der Waals surface area contributed by atoms with Crippen LogP contribution >= 0.6 is 0 Å². The lowest BCUT2D eigenvalue weighted by Crippen LogP contribution is -2.38. The van der Waals surface area contributed by atoms with Crippen molar-refractivity contribution in [2.45, 2.75) is 33.2 Å². The molecule has 26 heavy (non-hydrogen) atoms. The van der Waals surface area contributed by atoms with Gasteiger partial charge in [0, 0.05) is 6.20 Å². The van der Waals surface area contributed by atoms with E-state index in [-0.39, 0.29) is 12.1 Å². The number of esters is 1. The summed E-state index contributed by atoms with van der Waals surface area (Å²) in [4.78, 5) is 39.4. The number of amides is 1. The monoisotopic (exact) mass is 362 g/mol. The number of nitrogens with one attached hydrogen (secondary N) is 2. The van der Waals surface area contributed by atoms with Gasteiger partial charge in [-0.2, -0.15) is 0 Å². The van der Waals surface area contributed by atoms with Gasteiger partial charge in [-0.3, -0.25) is 18.8 Å². The lowest BCUT2D eigenvalue weighted by Gasteiger charge is -2.10. The van der Waals surface area contributed by atoms with Gasteiger partial charge in [-0.05, 0) is 32.4 Å². The Morgan fingerprint density at radius 3 is 2.69 bits per heavy atom. The van der Waals surface area contributed by atoms with E-state index in [2.05, 4.69) is 15.6 Å². The first kappa shape index (κ1) is 19.2. The van der Waals surface area contributed by atoms with Crippen molar-refractivity contribution in [3.05, 3.63) is 29.6 Å². The Morgan fingerprint density at radius 2 is 2.08 bits per heavy atom. The number of carboxylic acid groups (broad SMARTS) is 1. The molecule has 0 saturated carbocycles. The number of nitrogens with zero attached hydrogens (tertiary/aromatic N) is 2. The summed E-state index contributed by atoms with van der Waals surface area (Å²) in [7, 11) is 0. The quantitative estimate of drug-likeness (QED) is 0.601. The maximum Gasteiger partial charge on any atom is 0.325 e. The predicted molar refractivity (Wildman–Crippen MR) is 94.3 cm³/mol. The zero-order valence-electron chi connectivity index (χ0n) is 14.9. The minimum Gasteiger partial charge on any atom is -0.480 e. The fraction of sp³-hybridized carbons (Fsp3) is 0.412. The fourth-order valence-electron chi connectivity index (χ4n) is 2.43. The van der Waals surface area contributed by atoms with Crippen molar-refractivity contribution < 1.29 is 24.2 Å². The van der Waals surface area contributed by atoms with Crippen LogP contribution in [0.2, 0.25) is 0 Å². The van der Waals surface area contributed by atoms with Gasteiger partial charge in [-0.15, -0.1) is 0 Å². The summed E-state index contributed by atoms with van der Waals surface area (Å²) >= 11 is 0. The number of carboxylic acids is 1. The molecule has 1 amide bonds. The molecule has 0 spiro atoms. The van der Waals surface area contributed by atoms with Gasteiger partial charge in [-0.25, -0.2) is 4.98 Å². The van der Waals surface area contributed by atoms with Crippen molar-refractivity contribution in [2.75, 3.05) is 18.5 Å². The standard InChI is InChI=1S/C17H22N4O5/c1-4-12-15(18-9-13(22)26-5-2)21-8-6-7-11(14(21)20-12)16(23)19-10(3)17(24)25/h6-8,10,18H,4-5,9H2,1-3H3,(H,19,23)(H,24,25). The normalized spacial score (nSPS) is 11.8. The third-order valence-corrected chi connectivity index (χ3v) is 3.73. The van der Waals surface area contributed by atoms with Crippen LogP contribution in [0, 0.1) is 0 Å². The average molecular weight is 362 g/mol. The zero-order chi connectivity index (χ0) is 19.3. The predicted octanol–water partition coefficient (Wildman–Crippen LogP) is 1.07. The molecule has 0 aromatic carbocycles. The number of hydrogen-bond acceptors (Lipinski definition) is 6. The average Bonchev–Trinajstić information content (AvgIpc) is 2.97. The summed E-state index contributed by atoms with van der Waals surface area (Å²) < 4.78 is 6.57. The summed E-state index contributed by atoms with van der Waals surface area (Å²) in [5.74, 6) is -1.46. The molecule has 0 saturated heterocycles. The molecule has 1 unspecified atom stereocenters. The zero-order valence-corrected chi connectivity index (χ0v) is 14.9. The summed E-state index contributed by atoms with van der Waals surface area (Å²) in [6, 6.07) is 2.20. The highest BCUT2D eigenvalue weighted by Gasteiger charge is 2.20. The van der Waals surface area contributed by atoms with Gasteiger partial charge in [0.05, 0.1) is 17.9 Å². The number of hydrogen-bond donors (Lipinski definition) is 3. The van der Waals surface area contributed by atoms with Gasteiger partial charge in [0.1, 0.15) is 18.4 Å². The van der Waals surface area contributed by atoms with Crippen LogP contribution in [0.3, 0.4) is 0 Å². The summed E-state index contributed by atoms with van der Waals surface area (Å²) in [6.45, 7) is 5.29. The van der Waals surface area contributed by atoms with E-state index in [1.165, 1.54) is 6.92 Å². The number of imidazole rings is 1. The molecule has 2 aromatic heterocycles. The van der Waals surface area contributed by atoms with E-state index in [1.807, 2.05) is 6.92 Å². The Labute approximate surface area is 150 Å². The molecular formula is C17H22N4O5. The number of aryl methyl sites for hydroxylation is 1. The van der Waals surface area contributed by atoms with Crippen molar-refractivity contribution in [3.8, 4) is 0 Å². The van der Waals surface area contributed by atoms with E-state index in [4.69, 9.17) is 9.84 Å². The molecule has 140 valence electrons. The van der Waals surface area contributed by atoms with E-state index in [1.54, 1.807) is 29.7 Å². The van der Waals surface area contributed by atoms with Gasteiger partial charge in [0.2, 0.25) is 0 Å². The number of rotatable bonds is 8. The van der Waals surface area contributed by atoms with Gasteiger partial charge in [-0.1, -0.05) is 6.92 Å². The first-order chi connectivity index (χ1) is 12.4. The smallest absolute Gasteiger partial charge is 0.325 e. The largest absolute Gasteiger partial charge is 0.480 e. The molecule has 0 aliphatic heterocycles. The molecule has 2 aromatic rings. The second-order valence-electron chi connectivity index (χ2n) is 5.57. The second-order valence-corrected chi connectivity index (χ2v) is 5.57. The van der Waals surface area contributed by atoms with Crippen molar-refractivity contribution in [1.29, 1.82) is 0 Å². The number of pyridine rings is 1. The van der Waals surface area contributed by atoms with Crippen molar-refractivity contribution in [3.63, 3.8) is 0 Å². The Balaban J connectivity index is 2.36. The lowest BCUT2D eigenvalue weighted by molar-refractivity contribution is -0.141. The molecule has 0 radical (unpaired) electrons. The fourth-order valence-corrected chi connectivity index (χ4v) is 2.43. The molecule has 0 aliphatic rings. The minimum absolute atomic E-state index is 0.0267. The molecule has 3 N–H and O–H groups in total. The van der Waals surface area contributed by atoms with Crippen LogP contribution in [0.25, 0.3) is 5.65 Å². The highest BCUT2D eigenvalue weighted by atomic mass is 16.5. The van der Waals surface area contributed by atoms with Crippen LogP contribution in [0.5, 0.6) is 0 Å². The number of carbonyl (C=O) groups is 3. The Bertz CT molecular complexity index is 830. The lowest BCUT2D eigenvalue weighted by atomic mass is 10.2. The molecular weight excluding hydrogens is 340 g/mol. The molecule has 0 fully saturated rings. The first-order valence-electron chi connectivity index (χ1n) is 8.32. The molecule has 1 atom stereocenters. The van der Waals surface area contributed by atoms with Crippen molar-refractivity contribution in [2.24, 2.45) is 0 Å². The highest BCUT2D eigenvalue weighted by Crippen LogP contribution is 2.21. The van der Waals surface area contributed by atoms with Crippen LogP contribution in [0.4, 0.5) is 5.82 Å². The minimum atomic E-state index is -1.13. The molecule has 2 rings (SSSR count). The first-order valence-corrected chi connectivity index (χ1v) is 8.32. The highest BCUT2D eigenvalue weighted by molar-refractivity contribution is 6.01. The molecule has 0 bridgehead atoms. The number of ether oxygens (including phenoxy) is 1.